The molecular weight excluding hydrogens is 436 g/mol. The number of benzene rings is 3. The molecular formula is C30H36N2O3. The molecule has 0 saturated carbocycles. The summed E-state index contributed by atoms with van der Waals surface area (Å²) in [6.07, 6.45) is 0.408. The van der Waals surface area contributed by atoms with Crippen LogP contribution >= 0.6 is 0 Å². The van der Waals surface area contributed by atoms with Crippen molar-refractivity contribution >= 4 is 11.8 Å². The number of ether oxygens (including phenoxy) is 1. The van der Waals surface area contributed by atoms with Gasteiger partial charge in [-0.05, 0) is 62.9 Å². The molecule has 0 aliphatic carbocycles. The maximum absolute atomic E-state index is 13.6. The summed E-state index contributed by atoms with van der Waals surface area (Å²) in [7, 11) is 0. The van der Waals surface area contributed by atoms with Crippen LogP contribution in [0.25, 0.3) is 0 Å². The molecule has 0 aliphatic heterocycles. The number of hydrogen-bond acceptors (Lipinski definition) is 3. The van der Waals surface area contributed by atoms with E-state index in [1.54, 1.807) is 4.90 Å². The van der Waals surface area contributed by atoms with Gasteiger partial charge in [-0.2, -0.15) is 0 Å². The van der Waals surface area contributed by atoms with Crippen LogP contribution in [0.2, 0.25) is 0 Å². The van der Waals surface area contributed by atoms with Gasteiger partial charge in [0.15, 0.2) is 6.61 Å². The van der Waals surface area contributed by atoms with Crippen molar-refractivity contribution in [1.29, 1.82) is 0 Å². The summed E-state index contributed by atoms with van der Waals surface area (Å²) >= 11 is 0. The third kappa shape index (κ3) is 7.99. The summed E-state index contributed by atoms with van der Waals surface area (Å²) in [6.45, 7) is 9.93. The molecule has 0 bridgehead atoms. The highest BCUT2D eigenvalue weighted by atomic mass is 16.5. The highest BCUT2D eigenvalue weighted by Crippen LogP contribution is 2.20. The Kier molecular flexibility index (Phi) is 8.69. The number of hydrogen-bond donors (Lipinski definition) is 1. The van der Waals surface area contributed by atoms with Gasteiger partial charge in [0.25, 0.3) is 5.91 Å². The van der Waals surface area contributed by atoms with E-state index in [1.165, 1.54) is 0 Å². The fraction of sp³-hybridized carbons (Fsp3) is 0.333. The van der Waals surface area contributed by atoms with Crippen LogP contribution in [0, 0.1) is 13.8 Å². The summed E-state index contributed by atoms with van der Waals surface area (Å²) in [4.78, 5) is 28.8. The largest absolute Gasteiger partial charge is 0.483 e. The van der Waals surface area contributed by atoms with Crippen molar-refractivity contribution in [2.75, 3.05) is 6.61 Å². The number of nitrogens with zero attached hydrogens (tertiary/aromatic N) is 1. The van der Waals surface area contributed by atoms with Crippen molar-refractivity contribution < 1.29 is 14.3 Å². The van der Waals surface area contributed by atoms with Crippen molar-refractivity contribution in [2.45, 2.75) is 59.2 Å². The van der Waals surface area contributed by atoms with Gasteiger partial charge in [0.1, 0.15) is 11.8 Å². The van der Waals surface area contributed by atoms with Crippen LogP contribution in [-0.2, 0) is 22.6 Å². The van der Waals surface area contributed by atoms with E-state index in [9.17, 15) is 9.59 Å². The number of rotatable bonds is 9. The third-order valence-corrected chi connectivity index (χ3v) is 5.66. The summed E-state index contributed by atoms with van der Waals surface area (Å²) in [5.74, 6) is 0.258. The quantitative estimate of drug-likeness (QED) is 0.464. The fourth-order valence-electron chi connectivity index (χ4n) is 3.87. The SMILES string of the molecule is Cc1ccc(C)c(OCC(=O)N(Cc2ccccc2)C(Cc2ccccc2)C(=O)NC(C)(C)C)c1. The molecule has 0 aliphatic rings. The van der Waals surface area contributed by atoms with Gasteiger partial charge in [0.2, 0.25) is 5.91 Å². The zero-order valence-corrected chi connectivity index (χ0v) is 21.4. The summed E-state index contributed by atoms with van der Waals surface area (Å²) in [5.41, 5.74) is 3.54. The van der Waals surface area contributed by atoms with Gasteiger partial charge in [-0.1, -0.05) is 72.8 Å². The Balaban J connectivity index is 1.92. The minimum Gasteiger partial charge on any atom is -0.483 e. The lowest BCUT2D eigenvalue weighted by Crippen LogP contribution is -2.55. The second kappa shape index (κ2) is 11.7. The lowest BCUT2D eigenvalue weighted by Gasteiger charge is -2.33. The predicted octanol–water partition coefficient (Wildman–Crippen LogP) is 5.24. The van der Waals surface area contributed by atoms with Crippen molar-refractivity contribution in [3.8, 4) is 5.75 Å². The minimum atomic E-state index is -0.688. The lowest BCUT2D eigenvalue weighted by atomic mass is 10.0. The molecule has 1 atom stereocenters. The molecule has 5 nitrogen and oxygen atoms in total. The van der Waals surface area contributed by atoms with Crippen LogP contribution < -0.4 is 10.1 Å². The van der Waals surface area contributed by atoms with E-state index in [0.717, 1.165) is 22.3 Å². The molecule has 5 heteroatoms. The average molecular weight is 473 g/mol. The summed E-state index contributed by atoms with van der Waals surface area (Å²) < 4.78 is 5.96. The van der Waals surface area contributed by atoms with Gasteiger partial charge >= 0.3 is 0 Å². The monoisotopic (exact) mass is 472 g/mol. The highest BCUT2D eigenvalue weighted by molar-refractivity contribution is 5.89. The molecule has 3 aromatic rings. The zero-order valence-electron chi connectivity index (χ0n) is 21.4. The van der Waals surface area contributed by atoms with E-state index in [4.69, 9.17) is 4.74 Å². The molecule has 0 fully saturated rings. The Bertz CT molecular complexity index is 1120. The molecule has 3 aromatic carbocycles. The Morgan fingerprint density at radius 1 is 0.886 bits per heavy atom. The van der Waals surface area contributed by atoms with Gasteiger partial charge in [0.05, 0.1) is 0 Å². The Labute approximate surface area is 209 Å². The number of amides is 2. The molecule has 1 unspecified atom stereocenters. The van der Waals surface area contributed by atoms with Crippen molar-refractivity contribution in [1.82, 2.24) is 10.2 Å². The maximum Gasteiger partial charge on any atom is 0.261 e. The van der Waals surface area contributed by atoms with Gasteiger partial charge in [-0.15, -0.1) is 0 Å². The highest BCUT2D eigenvalue weighted by Gasteiger charge is 2.32. The molecule has 1 N–H and O–H groups in total. The minimum absolute atomic E-state index is 0.148. The standard InChI is InChI=1S/C30H36N2O3/c1-22-16-17-23(2)27(18-22)35-21-28(33)32(20-25-14-10-7-11-15-25)26(29(34)31-30(3,4)5)19-24-12-8-6-9-13-24/h6-18,26H,19-21H2,1-5H3,(H,31,34). The smallest absolute Gasteiger partial charge is 0.261 e. The molecule has 2 amide bonds. The molecule has 0 spiro atoms. The topological polar surface area (TPSA) is 58.6 Å². The van der Waals surface area contributed by atoms with E-state index >= 15 is 0 Å². The van der Waals surface area contributed by atoms with Crippen molar-refractivity contribution in [2.24, 2.45) is 0 Å². The predicted molar refractivity (Wildman–Crippen MR) is 140 cm³/mol. The Hall–Kier alpha value is -3.60. The Morgan fingerprint density at radius 2 is 1.49 bits per heavy atom. The maximum atomic E-state index is 13.6. The molecule has 0 heterocycles. The average Bonchev–Trinajstić information content (AvgIpc) is 2.82. The Morgan fingerprint density at radius 3 is 2.09 bits per heavy atom. The molecule has 0 radical (unpaired) electrons. The van der Waals surface area contributed by atoms with E-state index < -0.39 is 11.6 Å². The second-order valence-electron chi connectivity index (χ2n) is 10.0. The first-order chi connectivity index (χ1) is 16.6. The number of carbonyl (C=O) groups excluding carboxylic acids is 2. The number of carbonyl (C=O) groups is 2. The fourth-order valence-corrected chi connectivity index (χ4v) is 3.87. The molecule has 184 valence electrons. The van der Waals surface area contributed by atoms with Crippen molar-refractivity contribution in [3.05, 3.63) is 101 Å². The first kappa shape index (κ1) is 26.0. The van der Waals surface area contributed by atoms with Crippen LogP contribution in [-0.4, -0.2) is 34.9 Å². The number of aryl methyl sites for hydroxylation is 2. The third-order valence-electron chi connectivity index (χ3n) is 5.66. The van der Waals surface area contributed by atoms with Gasteiger partial charge in [-0.25, -0.2) is 0 Å². The van der Waals surface area contributed by atoms with Crippen LogP contribution in [0.4, 0.5) is 0 Å². The first-order valence-electron chi connectivity index (χ1n) is 12.0. The van der Waals surface area contributed by atoms with Gasteiger partial charge in [0, 0.05) is 18.5 Å². The van der Waals surface area contributed by atoms with Crippen LogP contribution in [0.1, 0.15) is 43.0 Å². The van der Waals surface area contributed by atoms with Gasteiger partial charge < -0.3 is 15.0 Å². The number of nitrogens with one attached hydrogen (secondary N) is 1. The van der Waals surface area contributed by atoms with Gasteiger partial charge in [-0.3, -0.25) is 9.59 Å². The molecule has 35 heavy (non-hydrogen) atoms. The lowest BCUT2D eigenvalue weighted by molar-refractivity contribution is -0.143. The summed E-state index contributed by atoms with van der Waals surface area (Å²) in [6, 6.07) is 24.8. The molecule has 0 saturated heterocycles. The molecule has 0 aromatic heterocycles. The van der Waals surface area contributed by atoms with E-state index in [2.05, 4.69) is 5.32 Å². The normalized spacial score (nSPS) is 12.0. The van der Waals surface area contributed by atoms with Crippen LogP contribution in [0.3, 0.4) is 0 Å². The molecule has 3 rings (SSSR count). The van der Waals surface area contributed by atoms with Crippen LogP contribution in [0.5, 0.6) is 5.75 Å². The van der Waals surface area contributed by atoms with E-state index in [0.29, 0.717) is 18.7 Å². The van der Waals surface area contributed by atoms with E-state index in [-0.39, 0.29) is 18.4 Å². The zero-order chi connectivity index (χ0) is 25.4. The first-order valence-corrected chi connectivity index (χ1v) is 12.0. The van der Waals surface area contributed by atoms with E-state index in [1.807, 2.05) is 113 Å². The van der Waals surface area contributed by atoms with Crippen molar-refractivity contribution in [3.63, 3.8) is 0 Å². The second-order valence-corrected chi connectivity index (χ2v) is 10.0. The van der Waals surface area contributed by atoms with Crippen LogP contribution in [0.15, 0.2) is 78.9 Å². The summed E-state index contributed by atoms with van der Waals surface area (Å²) in [5, 5.41) is 3.08.